The van der Waals surface area contributed by atoms with Gasteiger partial charge in [-0.05, 0) is 25.1 Å². The van der Waals surface area contributed by atoms with E-state index in [9.17, 15) is 0 Å². The summed E-state index contributed by atoms with van der Waals surface area (Å²) in [5, 5.41) is 18.1. The molecule has 0 aliphatic heterocycles. The van der Waals surface area contributed by atoms with Crippen molar-refractivity contribution in [3.05, 3.63) is 18.2 Å². The van der Waals surface area contributed by atoms with Crippen molar-refractivity contribution in [3.63, 3.8) is 0 Å². The summed E-state index contributed by atoms with van der Waals surface area (Å²) in [4.78, 5) is 0. The number of phenols is 2. The molecule has 0 atom stereocenters. The second kappa shape index (κ2) is 4.57. The number of benzene rings is 1. The Hall–Kier alpha value is -1.42. The van der Waals surface area contributed by atoms with Gasteiger partial charge in [0, 0.05) is 6.07 Å². The second-order valence-corrected chi connectivity index (χ2v) is 2.64. The molecule has 0 aromatic heterocycles. The Morgan fingerprint density at radius 2 is 2.00 bits per heavy atom. The molecule has 4 heteroatoms. The van der Waals surface area contributed by atoms with Gasteiger partial charge in [-0.3, -0.25) is 0 Å². The van der Waals surface area contributed by atoms with Crippen molar-refractivity contribution < 1.29 is 14.9 Å². The summed E-state index contributed by atoms with van der Waals surface area (Å²) < 4.78 is 5.23. The predicted molar refractivity (Wildman–Crippen MR) is 48.9 cm³/mol. The van der Waals surface area contributed by atoms with Crippen LogP contribution in [0.5, 0.6) is 17.2 Å². The zero-order valence-electron chi connectivity index (χ0n) is 7.23. The van der Waals surface area contributed by atoms with Gasteiger partial charge in [-0.15, -0.1) is 0 Å². The van der Waals surface area contributed by atoms with Gasteiger partial charge in [0.1, 0.15) is 5.75 Å². The van der Waals surface area contributed by atoms with Gasteiger partial charge in [-0.1, -0.05) is 0 Å². The lowest BCUT2D eigenvalue weighted by atomic mass is 10.3. The van der Waals surface area contributed by atoms with Crippen molar-refractivity contribution in [2.75, 3.05) is 13.2 Å². The van der Waals surface area contributed by atoms with Gasteiger partial charge in [0.25, 0.3) is 0 Å². The lowest BCUT2D eigenvalue weighted by molar-refractivity contribution is 0.310. The van der Waals surface area contributed by atoms with Crippen LogP contribution >= 0.6 is 0 Å². The van der Waals surface area contributed by atoms with Crippen LogP contribution in [0.2, 0.25) is 0 Å². The molecule has 4 nitrogen and oxygen atoms in total. The van der Waals surface area contributed by atoms with Gasteiger partial charge in [-0.2, -0.15) is 0 Å². The van der Waals surface area contributed by atoms with Crippen molar-refractivity contribution in [1.29, 1.82) is 0 Å². The molecule has 1 aromatic rings. The molecule has 1 rings (SSSR count). The molecule has 0 aliphatic carbocycles. The largest absolute Gasteiger partial charge is 0.504 e. The number of aromatic hydroxyl groups is 2. The normalized spacial score (nSPS) is 9.92. The fraction of sp³-hybridized carbons (Fsp3) is 0.333. The minimum absolute atomic E-state index is 0.147. The van der Waals surface area contributed by atoms with Crippen LogP contribution in [0.15, 0.2) is 18.2 Å². The SMILES string of the molecule is NCCCOc1ccc(O)c(O)c1. The maximum absolute atomic E-state index is 9.10. The molecule has 0 unspecified atom stereocenters. The average Bonchev–Trinajstić information content (AvgIpc) is 2.12. The topological polar surface area (TPSA) is 75.7 Å². The summed E-state index contributed by atoms with van der Waals surface area (Å²) in [5.74, 6) is 0.208. The van der Waals surface area contributed by atoms with E-state index in [4.69, 9.17) is 20.7 Å². The smallest absolute Gasteiger partial charge is 0.161 e. The van der Waals surface area contributed by atoms with Gasteiger partial charge >= 0.3 is 0 Å². The molecule has 0 fully saturated rings. The summed E-state index contributed by atoms with van der Waals surface area (Å²) in [6.45, 7) is 1.09. The van der Waals surface area contributed by atoms with Crippen LogP contribution < -0.4 is 10.5 Å². The van der Waals surface area contributed by atoms with Gasteiger partial charge in [0.2, 0.25) is 0 Å². The van der Waals surface area contributed by atoms with Gasteiger partial charge in [0.15, 0.2) is 11.5 Å². The molecule has 72 valence electrons. The highest BCUT2D eigenvalue weighted by atomic mass is 16.5. The number of nitrogens with two attached hydrogens (primary N) is 1. The van der Waals surface area contributed by atoms with Crippen LogP contribution in [-0.4, -0.2) is 23.4 Å². The molecule has 13 heavy (non-hydrogen) atoms. The predicted octanol–water partition coefficient (Wildman–Crippen LogP) is 0.825. The molecule has 0 spiro atoms. The maximum Gasteiger partial charge on any atom is 0.161 e. The third kappa shape index (κ3) is 2.83. The number of rotatable bonds is 4. The Labute approximate surface area is 76.6 Å². The lowest BCUT2D eigenvalue weighted by Gasteiger charge is -2.05. The molecular formula is C9H13NO3. The van der Waals surface area contributed by atoms with E-state index < -0.39 is 0 Å². The first-order valence-corrected chi connectivity index (χ1v) is 4.09. The molecule has 0 amide bonds. The van der Waals surface area contributed by atoms with Gasteiger partial charge in [0.05, 0.1) is 6.61 Å². The Balaban J connectivity index is 2.53. The lowest BCUT2D eigenvalue weighted by Crippen LogP contribution is -2.05. The van der Waals surface area contributed by atoms with E-state index in [0.29, 0.717) is 18.9 Å². The summed E-state index contributed by atoms with van der Waals surface area (Å²) in [6, 6.07) is 4.34. The zero-order valence-corrected chi connectivity index (χ0v) is 7.23. The minimum Gasteiger partial charge on any atom is -0.504 e. The van der Waals surface area contributed by atoms with Crippen LogP contribution in [-0.2, 0) is 0 Å². The van der Waals surface area contributed by atoms with Crippen molar-refractivity contribution >= 4 is 0 Å². The first kappa shape index (κ1) is 9.67. The number of phenolic OH excluding ortho intramolecular Hbond substituents is 2. The monoisotopic (exact) mass is 183 g/mol. The molecule has 0 heterocycles. The first-order valence-electron chi connectivity index (χ1n) is 4.09. The van der Waals surface area contributed by atoms with Crippen molar-refractivity contribution in [2.45, 2.75) is 6.42 Å². The number of hydrogen-bond donors (Lipinski definition) is 3. The highest BCUT2D eigenvalue weighted by Crippen LogP contribution is 2.28. The Morgan fingerprint density at radius 1 is 1.23 bits per heavy atom. The van der Waals surface area contributed by atoms with Gasteiger partial charge < -0.3 is 20.7 Å². The summed E-state index contributed by atoms with van der Waals surface area (Å²) in [6.07, 6.45) is 0.766. The molecular weight excluding hydrogens is 170 g/mol. The summed E-state index contributed by atoms with van der Waals surface area (Å²) >= 11 is 0. The van der Waals surface area contributed by atoms with E-state index in [0.717, 1.165) is 6.42 Å². The maximum atomic E-state index is 9.10. The summed E-state index contributed by atoms with van der Waals surface area (Å²) in [5.41, 5.74) is 5.28. The molecule has 0 aliphatic rings. The zero-order chi connectivity index (χ0) is 9.68. The molecule has 0 saturated carbocycles. The number of hydrogen-bond acceptors (Lipinski definition) is 4. The highest BCUT2D eigenvalue weighted by molar-refractivity contribution is 5.43. The third-order valence-corrected chi connectivity index (χ3v) is 1.56. The van der Waals surface area contributed by atoms with Crippen molar-refractivity contribution in [3.8, 4) is 17.2 Å². The van der Waals surface area contributed by atoms with Crippen LogP contribution in [0.1, 0.15) is 6.42 Å². The van der Waals surface area contributed by atoms with Crippen LogP contribution in [0.4, 0.5) is 0 Å². The van der Waals surface area contributed by atoms with E-state index in [1.165, 1.54) is 12.1 Å². The van der Waals surface area contributed by atoms with Crippen LogP contribution in [0, 0.1) is 0 Å². The van der Waals surface area contributed by atoms with E-state index in [2.05, 4.69) is 0 Å². The Kier molecular flexibility index (Phi) is 3.40. The standard InChI is InChI=1S/C9H13NO3/c10-4-1-5-13-7-2-3-8(11)9(12)6-7/h2-3,6,11-12H,1,4-5,10H2. The second-order valence-electron chi connectivity index (χ2n) is 2.64. The third-order valence-electron chi connectivity index (χ3n) is 1.56. The fourth-order valence-corrected chi connectivity index (χ4v) is 0.866. The van der Waals surface area contributed by atoms with Crippen LogP contribution in [0.25, 0.3) is 0 Å². The molecule has 1 aromatic carbocycles. The van der Waals surface area contributed by atoms with E-state index in [-0.39, 0.29) is 11.5 Å². The molecule has 0 bridgehead atoms. The highest BCUT2D eigenvalue weighted by Gasteiger charge is 2.00. The van der Waals surface area contributed by atoms with Gasteiger partial charge in [-0.25, -0.2) is 0 Å². The summed E-state index contributed by atoms with van der Waals surface area (Å²) in [7, 11) is 0. The molecule has 4 N–H and O–H groups in total. The minimum atomic E-state index is -0.176. The van der Waals surface area contributed by atoms with E-state index in [1.807, 2.05) is 0 Å². The Morgan fingerprint density at radius 3 is 2.62 bits per heavy atom. The first-order chi connectivity index (χ1) is 6.24. The molecule has 0 radical (unpaired) electrons. The van der Waals surface area contributed by atoms with Crippen LogP contribution in [0.3, 0.4) is 0 Å². The Bertz CT molecular complexity index is 276. The van der Waals surface area contributed by atoms with Crippen molar-refractivity contribution in [1.82, 2.24) is 0 Å². The molecule has 0 saturated heterocycles. The average molecular weight is 183 g/mol. The quantitative estimate of drug-likeness (QED) is 0.477. The van der Waals surface area contributed by atoms with Crippen molar-refractivity contribution in [2.24, 2.45) is 5.73 Å². The number of ether oxygens (including phenoxy) is 1. The van der Waals surface area contributed by atoms with E-state index in [1.54, 1.807) is 6.07 Å². The van der Waals surface area contributed by atoms with E-state index >= 15 is 0 Å². The fourth-order valence-electron chi connectivity index (χ4n) is 0.866.